The van der Waals surface area contributed by atoms with Crippen molar-refractivity contribution in [2.45, 2.75) is 25.7 Å². The summed E-state index contributed by atoms with van der Waals surface area (Å²) >= 11 is 0. The summed E-state index contributed by atoms with van der Waals surface area (Å²) in [5.41, 5.74) is 3.00. The maximum absolute atomic E-state index is 13.3. The van der Waals surface area contributed by atoms with E-state index in [0.717, 1.165) is 50.0 Å². The van der Waals surface area contributed by atoms with Crippen LogP contribution in [0.1, 0.15) is 25.7 Å². The quantitative estimate of drug-likeness (QED) is 0.408. The minimum absolute atomic E-state index is 0.0548. The molecule has 3 N–H and O–H groups in total. The number of methoxy groups -OCH3 is 1. The van der Waals surface area contributed by atoms with E-state index in [9.17, 15) is 19.5 Å². The molecule has 0 aliphatic carbocycles. The molecule has 0 bridgehead atoms. The van der Waals surface area contributed by atoms with Gasteiger partial charge in [0.05, 0.1) is 48.3 Å². The molecule has 3 aromatic rings. The molecule has 2 aromatic carbocycles. The first kappa shape index (κ1) is 25.5. The number of carbonyl (C=O) groups is 2. The molecule has 10 heteroatoms. The largest absolute Gasteiger partial charge is 0.466 e. The first-order valence-electron chi connectivity index (χ1n) is 12.9. The van der Waals surface area contributed by atoms with Gasteiger partial charge in [-0.05, 0) is 31.0 Å². The molecule has 3 heterocycles. The van der Waals surface area contributed by atoms with Crippen LogP contribution >= 0.6 is 0 Å². The molecule has 38 heavy (non-hydrogen) atoms. The van der Waals surface area contributed by atoms with Gasteiger partial charge in [-0.15, -0.1) is 0 Å². The monoisotopic (exact) mass is 517 g/mol. The van der Waals surface area contributed by atoms with Crippen LogP contribution in [0.3, 0.4) is 0 Å². The summed E-state index contributed by atoms with van der Waals surface area (Å²) in [5, 5.41) is 20.9. The number of nitrogens with zero attached hydrogens (tertiary/aromatic N) is 3. The molecule has 0 radical (unpaired) electrons. The third-order valence-corrected chi connectivity index (χ3v) is 7.13. The second kappa shape index (κ2) is 11.1. The Balaban J connectivity index is 1.63. The molecule has 1 fully saturated rings. The number of anilines is 2. The Kier molecular flexibility index (Phi) is 7.41. The van der Waals surface area contributed by atoms with Crippen molar-refractivity contribution in [3.8, 4) is 11.3 Å². The fourth-order valence-electron chi connectivity index (χ4n) is 5.19. The number of H-pyrrole nitrogens is 1. The van der Waals surface area contributed by atoms with Crippen LogP contribution < -0.4 is 15.8 Å². The van der Waals surface area contributed by atoms with Gasteiger partial charge < -0.3 is 25.0 Å². The first-order chi connectivity index (χ1) is 18.5. The average Bonchev–Trinajstić information content (AvgIpc) is 3.10. The number of amides is 1. The first-order valence-corrected chi connectivity index (χ1v) is 12.9. The number of aliphatic hydroxyl groups is 1. The standard InChI is InChI=1S/C28H31N5O5/c1-38-28(37)21-17-33(14-15-34)27(36)25(21)29-22-16-18(10-11-23(22)32-12-6-2-3-7-13-32)24-19-8-4-5-9-20(19)26(35)31-30-24/h4-5,8-11,16,29,34H,2-3,6-7,12-15,17H2,1H3,(H,31,35). The van der Waals surface area contributed by atoms with Gasteiger partial charge in [0.25, 0.3) is 11.5 Å². The van der Waals surface area contributed by atoms with Crippen LogP contribution in [0.4, 0.5) is 11.4 Å². The van der Waals surface area contributed by atoms with E-state index < -0.39 is 5.97 Å². The number of esters is 1. The zero-order valence-electron chi connectivity index (χ0n) is 21.3. The molecule has 1 aromatic heterocycles. The molecule has 2 aliphatic heterocycles. The molecule has 0 saturated carbocycles. The molecule has 0 unspecified atom stereocenters. The van der Waals surface area contributed by atoms with Crippen molar-refractivity contribution in [2.24, 2.45) is 0 Å². The number of benzene rings is 2. The van der Waals surface area contributed by atoms with E-state index in [0.29, 0.717) is 22.2 Å². The third kappa shape index (κ3) is 4.87. The third-order valence-electron chi connectivity index (χ3n) is 7.13. The smallest absolute Gasteiger partial charge is 0.337 e. The minimum Gasteiger partial charge on any atom is -0.466 e. The van der Waals surface area contributed by atoms with Crippen molar-refractivity contribution in [1.29, 1.82) is 0 Å². The van der Waals surface area contributed by atoms with Gasteiger partial charge in [-0.2, -0.15) is 5.10 Å². The number of nitrogens with one attached hydrogen (secondary N) is 2. The molecular weight excluding hydrogens is 486 g/mol. The van der Waals surface area contributed by atoms with Crippen LogP contribution in [-0.2, 0) is 14.3 Å². The van der Waals surface area contributed by atoms with Gasteiger partial charge >= 0.3 is 5.97 Å². The van der Waals surface area contributed by atoms with Crippen molar-refractivity contribution < 1.29 is 19.4 Å². The Labute approximate surface area is 219 Å². The van der Waals surface area contributed by atoms with E-state index in [4.69, 9.17) is 4.74 Å². The number of aromatic amines is 1. The summed E-state index contributed by atoms with van der Waals surface area (Å²) in [7, 11) is 1.28. The zero-order valence-corrected chi connectivity index (χ0v) is 21.3. The van der Waals surface area contributed by atoms with Crippen molar-refractivity contribution in [3.63, 3.8) is 0 Å². The lowest BCUT2D eigenvalue weighted by Crippen LogP contribution is -2.31. The van der Waals surface area contributed by atoms with Crippen LogP contribution in [0.15, 0.2) is 58.5 Å². The van der Waals surface area contributed by atoms with Crippen molar-refractivity contribution >= 4 is 34.0 Å². The van der Waals surface area contributed by atoms with Crippen molar-refractivity contribution in [2.75, 3.05) is 50.1 Å². The lowest BCUT2D eigenvalue weighted by molar-refractivity contribution is -0.136. The van der Waals surface area contributed by atoms with Crippen LogP contribution in [0.5, 0.6) is 0 Å². The number of ether oxygens (including phenoxy) is 1. The van der Waals surface area contributed by atoms with Crippen LogP contribution in [-0.4, -0.2) is 72.0 Å². The molecule has 5 rings (SSSR count). The lowest BCUT2D eigenvalue weighted by Gasteiger charge is -2.27. The van der Waals surface area contributed by atoms with E-state index in [-0.39, 0.29) is 42.4 Å². The molecular formula is C28H31N5O5. The SMILES string of the molecule is COC(=O)C1=C(Nc2cc(-c3n[nH]c(=O)c4ccccc34)ccc2N2CCCCCC2)C(=O)N(CCO)C1. The number of carbonyl (C=O) groups excluding carboxylic acids is 2. The second-order valence-corrected chi connectivity index (χ2v) is 9.50. The molecule has 0 spiro atoms. The van der Waals surface area contributed by atoms with Crippen LogP contribution in [0, 0.1) is 0 Å². The summed E-state index contributed by atoms with van der Waals surface area (Å²) in [6, 6.07) is 13.1. The topological polar surface area (TPSA) is 128 Å². The number of fused-ring (bicyclic) bond motifs is 1. The van der Waals surface area contributed by atoms with E-state index >= 15 is 0 Å². The van der Waals surface area contributed by atoms with Gasteiger partial charge in [0, 0.05) is 30.6 Å². The highest BCUT2D eigenvalue weighted by atomic mass is 16.5. The predicted molar refractivity (Wildman–Crippen MR) is 145 cm³/mol. The number of hydrogen-bond acceptors (Lipinski definition) is 8. The summed E-state index contributed by atoms with van der Waals surface area (Å²) in [6.07, 6.45) is 4.45. The molecule has 2 aliphatic rings. The van der Waals surface area contributed by atoms with E-state index in [1.807, 2.05) is 30.3 Å². The zero-order chi connectivity index (χ0) is 26.6. The molecule has 10 nitrogen and oxygen atoms in total. The van der Waals surface area contributed by atoms with Gasteiger partial charge in [-0.25, -0.2) is 9.89 Å². The highest BCUT2D eigenvalue weighted by Crippen LogP contribution is 2.36. The lowest BCUT2D eigenvalue weighted by atomic mass is 10.0. The number of aliphatic hydroxyl groups excluding tert-OH is 1. The van der Waals surface area contributed by atoms with Gasteiger partial charge in [0.2, 0.25) is 0 Å². The molecule has 1 saturated heterocycles. The van der Waals surface area contributed by atoms with Crippen LogP contribution in [0.2, 0.25) is 0 Å². The minimum atomic E-state index is -0.595. The number of aromatic nitrogens is 2. The van der Waals surface area contributed by atoms with Crippen LogP contribution in [0.25, 0.3) is 22.0 Å². The number of rotatable bonds is 7. The summed E-state index contributed by atoms with van der Waals surface area (Å²) < 4.78 is 4.96. The predicted octanol–water partition coefficient (Wildman–Crippen LogP) is 2.64. The van der Waals surface area contributed by atoms with Gasteiger partial charge in [-0.3, -0.25) is 9.59 Å². The van der Waals surface area contributed by atoms with E-state index in [2.05, 4.69) is 20.4 Å². The number of β-amino-alcohol motifs (C(OH)–C–C–N with tert-alkyl or cyclic N) is 1. The van der Waals surface area contributed by atoms with Crippen molar-refractivity contribution in [1.82, 2.24) is 15.1 Å². The van der Waals surface area contributed by atoms with E-state index in [1.54, 1.807) is 12.1 Å². The molecule has 198 valence electrons. The second-order valence-electron chi connectivity index (χ2n) is 9.50. The Hall–Kier alpha value is -4.18. The van der Waals surface area contributed by atoms with Crippen molar-refractivity contribution in [3.05, 3.63) is 64.1 Å². The highest BCUT2D eigenvalue weighted by molar-refractivity contribution is 6.09. The normalized spacial score (nSPS) is 16.2. The van der Waals surface area contributed by atoms with Gasteiger partial charge in [-0.1, -0.05) is 37.1 Å². The highest BCUT2D eigenvalue weighted by Gasteiger charge is 2.35. The molecule has 1 amide bonds. The van der Waals surface area contributed by atoms with Gasteiger partial charge in [0.1, 0.15) is 5.70 Å². The fourth-order valence-corrected chi connectivity index (χ4v) is 5.19. The average molecular weight is 518 g/mol. The Bertz CT molecular complexity index is 1460. The van der Waals surface area contributed by atoms with E-state index in [1.165, 1.54) is 12.0 Å². The summed E-state index contributed by atoms with van der Waals surface area (Å²) in [4.78, 5) is 41.9. The summed E-state index contributed by atoms with van der Waals surface area (Å²) in [6.45, 7) is 1.70. The summed E-state index contributed by atoms with van der Waals surface area (Å²) in [5.74, 6) is -0.971. The maximum Gasteiger partial charge on any atom is 0.337 e. The Morgan fingerprint density at radius 1 is 1.08 bits per heavy atom. The van der Waals surface area contributed by atoms with Gasteiger partial charge in [0.15, 0.2) is 0 Å². The Morgan fingerprint density at radius 2 is 1.82 bits per heavy atom. The number of hydrogen-bond donors (Lipinski definition) is 3. The fraction of sp³-hybridized carbons (Fsp3) is 0.357. The maximum atomic E-state index is 13.3. The molecule has 0 atom stereocenters. The Morgan fingerprint density at radius 3 is 2.53 bits per heavy atom.